The predicted molar refractivity (Wildman–Crippen MR) is 160 cm³/mol. The van der Waals surface area contributed by atoms with Crippen LogP contribution in [0.3, 0.4) is 0 Å². The maximum atomic E-state index is 14.7. The fourth-order valence-corrected chi connectivity index (χ4v) is 6.85. The molecule has 0 aromatic heterocycles. The highest BCUT2D eigenvalue weighted by Crippen LogP contribution is 2.57. The predicted octanol–water partition coefficient (Wildman–Crippen LogP) is 6.40. The molecule has 1 amide bonds. The third-order valence-corrected chi connectivity index (χ3v) is 9.54. The number of halogens is 1. The molecule has 2 fully saturated rings. The number of anilines is 2. The molecule has 7 nitrogen and oxygen atoms in total. The van der Waals surface area contributed by atoms with Crippen LogP contribution in [0.4, 0.5) is 15.8 Å². The number of carbonyl (C=O) groups excluding carboxylic acids is 1. The van der Waals surface area contributed by atoms with Gasteiger partial charge in [-0.2, -0.15) is 0 Å². The highest BCUT2D eigenvalue weighted by molar-refractivity contribution is 8.00. The lowest BCUT2D eigenvalue weighted by Crippen LogP contribution is -2.44. The Labute approximate surface area is 245 Å². The number of nitrogens with one attached hydrogen (secondary N) is 1. The molecule has 1 saturated heterocycles. The van der Waals surface area contributed by atoms with Crippen molar-refractivity contribution in [3.05, 3.63) is 71.5 Å². The van der Waals surface area contributed by atoms with Crippen LogP contribution in [-0.2, 0) is 16.8 Å². The zero-order valence-electron chi connectivity index (χ0n) is 23.7. The summed E-state index contributed by atoms with van der Waals surface area (Å²) in [6.45, 7) is 2.38. The van der Waals surface area contributed by atoms with Crippen LogP contribution in [0.1, 0.15) is 43.2 Å². The molecule has 1 spiro atoms. The smallest absolute Gasteiger partial charge is 0.238 e. The minimum atomic E-state index is -0.551. The molecule has 1 saturated carbocycles. The molecule has 2 heterocycles. The summed E-state index contributed by atoms with van der Waals surface area (Å²) in [5.74, 6) is 1.71. The average molecular weight is 578 g/mol. The molecule has 3 aromatic rings. The normalized spacial score (nSPS) is 18.2. The molecule has 41 heavy (non-hydrogen) atoms. The van der Waals surface area contributed by atoms with Crippen molar-refractivity contribution < 1.29 is 23.4 Å². The van der Waals surface area contributed by atoms with E-state index in [9.17, 15) is 9.18 Å². The maximum Gasteiger partial charge on any atom is 0.238 e. The molecule has 0 unspecified atom stereocenters. The summed E-state index contributed by atoms with van der Waals surface area (Å²) in [4.78, 5) is 18.7. The number of ether oxygens (including phenoxy) is 3. The van der Waals surface area contributed by atoms with Gasteiger partial charge in [0.1, 0.15) is 34.1 Å². The highest BCUT2D eigenvalue weighted by atomic mass is 32.2. The second-order valence-electron chi connectivity index (χ2n) is 11.1. The third-order valence-electron chi connectivity index (χ3n) is 8.60. The summed E-state index contributed by atoms with van der Waals surface area (Å²) in [6, 6.07) is 16.7. The molecule has 216 valence electrons. The molecule has 2 aliphatic heterocycles. The average Bonchev–Trinajstić information content (AvgIpc) is 3.21. The topological polar surface area (TPSA) is 63.3 Å². The van der Waals surface area contributed by atoms with Gasteiger partial charge in [-0.05, 0) is 86.1 Å². The van der Waals surface area contributed by atoms with Crippen LogP contribution in [0.2, 0.25) is 0 Å². The van der Waals surface area contributed by atoms with E-state index in [0.717, 1.165) is 85.4 Å². The molecule has 0 radical (unpaired) electrons. The molecular formula is C32H36FN3O4S. The van der Waals surface area contributed by atoms with E-state index in [2.05, 4.69) is 22.7 Å². The fourth-order valence-electron chi connectivity index (χ4n) is 6.09. The van der Waals surface area contributed by atoms with Crippen molar-refractivity contribution in [2.24, 2.45) is 0 Å². The Morgan fingerprint density at radius 1 is 1.02 bits per heavy atom. The Hall–Kier alpha value is -3.43. The SMILES string of the molecule is COc1ccc(CN2C(=O)C3(CCC3)c3cc(NSc4c(F)cccc4OC)cc(OC4CCN(C)CC4)c32)cc1. The fraction of sp³-hybridized carbons (Fsp3) is 0.406. The Bertz CT molecular complexity index is 1420. The second kappa shape index (κ2) is 11.4. The minimum absolute atomic E-state index is 0.0562. The summed E-state index contributed by atoms with van der Waals surface area (Å²) in [6.07, 6.45) is 4.52. The Balaban J connectivity index is 1.38. The van der Waals surface area contributed by atoms with Crippen LogP contribution in [-0.4, -0.2) is 51.3 Å². The first kappa shape index (κ1) is 27.7. The van der Waals surface area contributed by atoms with Gasteiger partial charge in [-0.25, -0.2) is 4.39 Å². The first-order valence-electron chi connectivity index (χ1n) is 14.2. The number of methoxy groups -OCH3 is 2. The van der Waals surface area contributed by atoms with Crippen molar-refractivity contribution in [3.8, 4) is 17.2 Å². The maximum absolute atomic E-state index is 14.7. The number of fused-ring (bicyclic) bond motifs is 2. The Kier molecular flexibility index (Phi) is 7.74. The number of likely N-dealkylation sites (tertiary alicyclic amines) is 1. The van der Waals surface area contributed by atoms with E-state index in [1.165, 1.54) is 13.2 Å². The van der Waals surface area contributed by atoms with E-state index in [1.807, 2.05) is 35.2 Å². The quantitative estimate of drug-likeness (QED) is 0.295. The van der Waals surface area contributed by atoms with Crippen LogP contribution >= 0.6 is 11.9 Å². The van der Waals surface area contributed by atoms with Crippen LogP contribution in [0.15, 0.2) is 59.5 Å². The minimum Gasteiger partial charge on any atom is -0.497 e. The van der Waals surface area contributed by atoms with Crippen molar-refractivity contribution >= 4 is 29.2 Å². The summed E-state index contributed by atoms with van der Waals surface area (Å²) >= 11 is 1.16. The number of rotatable bonds is 9. The largest absolute Gasteiger partial charge is 0.497 e. The zero-order valence-corrected chi connectivity index (χ0v) is 24.6. The Morgan fingerprint density at radius 3 is 2.44 bits per heavy atom. The van der Waals surface area contributed by atoms with Gasteiger partial charge in [-0.1, -0.05) is 24.6 Å². The molecule has 6 rings (SSSR count). The molecule has 3 aromatic carbocycles. The van der Waals surface area contributed by atoms with E-state index < -0.39 is 5.41 Å². The van der Waals surface area contributed by atoms with Crippen molar-refractivity contribution in [3.63, 3.8) is 0 Å². The van der Waals surface area contributed by atoms with Crippen molar-refractivity contribution in [1.82, 2.24) is 4.90 Å². The lowest BCUT2D eigenvalue weighted by atomic mass is 9.65. The summed E-state index contributed by atoms with van der Waals surface area (Å²) in [7, 11) is 5.31. The lowest BCUT2D eigenvalue weighted by molar-refractivity contribution is -0.126. The highest BCUT2D eigenvalue weighted by Gasteiger charge is 2.55. The second-order valence-corrected chi connectivity index (χ2v) is 12.0. The van der Waals surface area contributed by atoms with E-state index in [-0.39, 0.29) is 17.8 Å². The number of hydrogen-bond donors (Lipinski definition) is 1. The molecule has 1 N–H and O–H groups in total. The first-order valence-corrected chi connectivity index (χ1v) is 15.0. The Morgan fingerprint density at radius 2 is 1.78 bits per heavy atom. The van der Waals surface area contributed by atoms with Crippen LogP contribution in [0.25, 0.3) is 0 Å². The zero-order chi connectivity index (χ0) is 28.6. The number of piperidine rings is 1. The molecular weight excluding hydrogens is 541 g/mol. The van der Waals surface area contributed by atoms with E-state index >= 15 is 0 Å². The third kappa shape index (κ3) is 5.21. The van der Waals surface area contributed by atoms with Gasteiger partial charge < -0.3 is 28.7 Å². The van der Waals surface area contributed by atoms with Crippen LogP contribution in [0.5, 0.6) is 17.2 Å². The van der Waals surface area contributed by atoms with Gasteiger partial charge in [0.15, 0.2) is 0 Å². The van der Waals surface area contributed by atoms with E-state index in [1.54, 1.807) is 19.2 Å². The van der Waals surface area contributed by atoms with Gasteiger partial charge in [0, 0.05) is 24.8 Å². The van der Waals surface area contributed by atoms with Crippen molar-refractivity contribution in [2.75, 3.05) is 44.0 Å². The lowest BCUT2D eigenvalue weighted by Gasteiger charge is -2.37. The number of hydrogen-bond acceptors (Lipinski definition) is 7. The first-order chi connectivity index (χ1) is 19.9. The van der Waals surface area contributed by atoms with Crippen molar-refractivity contribution in [2.45, 2.75) is 55.1 Å². The molecule has 0 bridgehead atoms. The van der Waals surface area contributed by atoms with E-state index in [0.29, 0.717) is 22.9 Å². The summed E-state index contributed by atoms with van der Waals surface area (Å²) in [5.41, 5.74) is 3.10. The molecule has 0 atom stereocenters. The number of carbonyl (C=O) groups is 1. The molecule has 1 aliphatic carbocycles. The van der Waals surface area contributed by atoms with E-state index in [4.69, 9.17) is 14.2 Å². The van der Waals surface area contributed by atoms with Gasteiger partial charge >= 0.3 is 0 Å². The summed E-state index contributed by atoms with van der Waals surface area (Å²) in [5, 5.41) is 0. The number of benzene rings is 3. The van der Waals surface area contributed by atoms with Gasteiger partial charge in [-0.3, -0.25) is 4.79 Å². The monoisotopic (exact) mass is 577 g/mol. The number of nitrogens with zero attached hydrogens (tertiary/aromatic N) is 2. The van der Waals surface area contributed by atoms with Crippen molar-refractivity contribution in [1.29, 1.82) is 0 Å². The summed E-state index contributed by atoms with van der Waals surface area (Å²) < 4.78 is 35.5. The van der Waals surface area contributed by atoms with Crippen LogP contribution < -0.4 is 23.8 Å². The standard InChI is InChI=1S/C32H36FN3O4S/c1-35-16-12-24(13-17-35)40-28-19-22(34-41-30-26(33)6-4-7-27(30)39-3)18-25-29(28)36(31(37)32(25)14-5-15-32)20-21-8-10-23(38-2)11-9-21/h4,6-11,18-19,24,34H,5,12-17,20H2,1-3H3. The van der Waals surface area contributed by atoms with Crippen LogP contribution in [0, 0.1) is 5.82 Å². The number of amides is 1. The van der Waals surface area contributed by atoms with Gasteiger partial charge in [0.25, 0.3) is 0 Å². The van der Waals surface area contributed by atoms with Gasteiger partial charge in [0.2, 0.25) is 5.91 Å². The van der Waals surface area contributed by atoms with Gasteiger partial charge in [0.05, 0.1) is 31.9 Å². The molecule has 9 heteroatoms. The molecule has 3 aliphatic rings. The van der Waals surface area contributed by atoms with Gasteiger partial charge in [-0.15, -0.1) is 0 Å².